The van der Waals surface area contributed by atoms with Gasteiger partial charge in [0.15, 0.2) is 0 Å². The number of para-hydroxylation sites is 1. The molecule has 8 rings (SSSR count). The summed E-state index contributed by atoms with van der Waals surface area (Å²) in [5.74, 6) is 0. The number of nitrogens with zero attached hydrogens (tertiary/aromatic N) is 4. The van der Waals surface area contributed by atoms with Crippen molar-refractivity contribution in [2.45, 2.75) is 38.5 Å². The normalized spacial score (nSPS) is 17.0. The maximum Gasteiger partial charge on any atom is 0.0783 e. The molecule has 0 spiro atoms. The first kappa shape index (κ1) is 25.4. The zero-order valence-electron chi connectivity index (χ0n) is 23.2. The van der Waals surface area contributed by atoms with Crippen LogP contribution in [0.15, 0.2) is 79.3 Å². The van der Waals surface area contributed by atoms with E-state index >= 15 is 0 Å². The number of hydrogen-bond donors (Lipinski definition) is 0. The van der Waals surface area contributed by atoms with Gasteiger partial charge in [0.05, 0.1) is 5.65 Å². The van der Waals surface area contributed by atoms with Gasteiger partial charge in [0.2, 0.25) is 0 Å². The van der Waals surface area contributed by atoms with Gasteiger partial charge < -0.3 is 14.2 Å². The quantitative estimate of drug-likeness (QED) is 0.135. The molecule has 0 radical (unpaired) electrons. The molecule has 0 saturated carbocycles. The molecule has 0 N–H and O–H groups in total. The molecule has 4 nitrogen and oxygen atoms in total. The predicted molar refractivity (Wildman–Crippen MR) is 161 cm³/mol. The Morgan fingerprint density at radius 2 is 1.62 bits per heavy atom. The molecule has 0 fully saturated rings. The third-order valence-corrected chi connectivity index (χ3v) is 9.46. The van der Waals surface area contributed by atoms with Crippen molar-refractivity contribution in [3.8, 4) is 11.1 Å². The van der Waals surface area contributed by atoms with Crippen LogP contribution in [0.3, 0.4) is 0 Å². The van der Waals surface area contributed by atoms with Crippen LogP contribution in [-0.4, -0.2) is 21.3 Å². The third kappa shape index (κ3) is 3.20. The second-order valence-electron chi connectivity index (χ2n) is 12.0. The van der Waals surface area contributed by atoms with Gasteiger partial charge >= 0.3 is 0 Å². The van der Waals surface area contributed by atoms with E-state index in [2.05, 4.69) is 129 Å². The van der Waals surface area contributed by atoms with Gasteiger partial charge in [-0.25, -0.2) is 0 Å². The molecule has 4 heterocycles. The molecule has 5 heteroatoms. The molecule has 0 amide bonds. The topological polar surface area (TPSA) is 23.8 Å². The van der Waals surface area contributed by atoms with E-state index in [9.17, 15) is 0 Å². The van der Waals surface area contributed by atoms with Gasteiger partial charge in [-0.15, -0.1) is 52.7 Å². The molecule has 202 valence electrons. The fraction of sp³-hybridized carbons (Fsp3) is 0.200. The zero-order chi connectivity index (χ0) is 26.7. The standard InChI is InChI=1S/C35H29N4.Pt/c1-34(2)30-11-7-10-27-26-15-13-23(18-29(26)33-36-20-31(35(34,3)4)39(33)32(27)30)25-9-6-8-22-12-14-24(19-28(22)25)38-17-16-37(5)21-38;/h6-17,20-21H,1-5H3;/q-3;. The van der Waals surface area contributed by atoms with E-state index < -0.39 is 0 Å². The molecule has 40 heavy (non-hydrogen) atoms. The summed E-state index contributed by atoms with van der Waals surface area (Å²) in [7, 11) is 2.03. The molecular weight excluding hydrogens is 671 g/mol. The van der Waals surface area contributed by atoms with E-state index in [-0.39, 0.29) is 31.9 Å². The summed E-state index contributed by atoms with van der Waals surface area (Å²) in [5, 5.41) is 5.77. The van der Waals surface area contributed by atoms with Gasteiger partial charge in [-0.2, -0.15) is 6.67 Å². The number of benzene rings is 4. The molecule has 4 aromatic carbocycles. The largest absolute Gasteiger partial charge is 0.510 e. The first-order valence-corrected chi connectivity index (χ1v) is 13.5. The Hall–Kier alpha value is -3.62. The minimum absolute atomic E-state index is 0. The summed E-state index contributed by atoms with van der Waals surface area (Å²) in [6, 6.07) is 29.5. The van der Waals surface area contributed by atoms with E-state index in [0.29, 0.717) is 0 Å². The van der Waals surface area contributed by atoms with Crippen LogP contribution in [0.2, 0.25) is 0 Å². The van der Waals surface area contributed by atoms with Crippen LogP contribution in [0, 0.1) is 18.8 Å². The van der Waals surface area contributed by atoms with Crippen LogP contribution in [0.25, 0.3) is 49.2 Å². The number of anilines is 1. The fourth-order valence-electron chi connectivity index (χ4n) is 6.56. The predicted octanol–water partition coefficient (Wildman–Crippen LogP) is 7.97. The summed E-state index contributed by atoms with van der Waals surface area (Å²) in [5.41, 5.74) is 7.99. The Bertz CT molecular complexity index is 2030. The SMILES string of the molecule is CN1C=CN(c2[c-]c3c(-c4[c-]c5c(cc4)c4cccc6c4n4c(cnc54)C(C)(C)C6(C)C)cccc3cc2)[CH-]1.[Pt]. The second kappa shape index (κ2) is 8.44. The minimum atomic E-state index is -0.0743. The number of aromatic nitrogens is 2. The average Bonchev–Trinajstić information content (AvgIpc) is 3.59. The summed E-state index contributed by atoms with van der Waals surface area (Å²) in [4.78, 5) is 9.17. The Morgan fingerprint density at radius 1 is 0.800 bits per heavy atom. The zero-order valence-corrected chi connectivity index (χ0v) is 25.5. The van der Waals surface area contributed by atoms with Gasteiger partial charge in [0.1, 0.15) is 0 Å². The minimum Gasteiger partial charge on any atom is -0.510 e. The van der Waals surface area contributed by atoms with E-state index in [1.165, 1.54) is 27.5 Å². The number of imidazole rings is 1. The fourth-order valence-corrected chi connectivity index (χ4v) is 6.56. The van der Waals surface area contributed by atoms with Crippen molar-refractivity contribution in [1.29, 1.82) is 0 Å². The van der Waals surface area contributed by atoms with Crippen molar-refractivity contribution in [2.24, 2.45) is 0 Å². The second-order valence-corrected chi connectivity index (χ2v) is 12.0. The van der Waals surface area contributed by atoms with Crippen molar-refractivity contribution < 1.29 is 21.1 Å². The molecule has 2 aromatic heterocycles. The maximum absolute atomic E-state index is 5.03. The Kier molecular flexibility index (Phi) is 5.35. The van der Waals surface area contributed by atoms with Crippen LogP contribution in [0.5, 0.6) is 0 Å². The molecule has 0 aliphatic carbocycles. The van der Waals surface area contributed by atoms with Crippen molar-refractivity contribution >= 4 is 43.8 Å². The maximum atomic E-state index is 5.03. The van der Waals surface area contributed by atoms with E-state index in [4.69, 9.17) is 4.98 Å². The van der Waals surface area contributed by atoms with E-state index in [1.807, 2.05) is 18.1 Å². The van der Waals surface area contributed by atoms with Crippen LogP contribution in [-0.2, 0) is 31.9 Å². The van der Waals surface area contributed by atoms with Crippen LogP contribution in [0.1, 0.15) is 39.0 Å². The van der Waals surface area contributed by atoms with Gasteiger partial charge in [0, 0.05) is 49.3 Å². The van der Waals surface area contributed by atoms with Gasteiger partial charge in [-0.05, 0) is 30.4 Å². The van der Waals surface area contributed by atoms with Crippen molar-refractivity contribution in [2.75, 3.05) is 11.9 Å². The summed E-state index contributed by atoms with van der Waals surface area (Å²) in [6.07, 6.45) is 6.18. The number of hydrogen-bond acceptors (Lipinski definition) is 3. The Balaban J connectivity index is 0.00000264. The van der Waals surface area contributed by atoms with E-state index in [0.717, 1.165) is 38.6 Å². The molecule has 2 aliphatic heterocycles. The summed E-state index contributed by atoms with van der Waals surface area (Å²) < 4.78 is 2.40. The molecule has 0 atom stereocenters. The third-order valence-electron chi connectivity index (χ3n) is 9.46. The van der Waals surface area contributed by atoms with Crippen molar-refractivity contribution in [3.63, 3.8) is 0 Å². The average molecular weight is 701 g/mol. The molecular formula is C35H29N4Pt-3. The molecule has 2 aliphatic rings. The monoisotopic (exact) mass is 700 g/mol. The van der Waals surface area contributed by atoms with Gasteiger partial charge in [-0.1, -0.05) is 86.1 Å². The smallest absolute Gasteiger partial charge is 0.0783 e. The number of pyridine rings is 1. The number of fused-ring (bicyclic) bond motifs is 4. The Morgan fingerprint density at radius 3 is 2.42 bits per heavy atom. The van der Waals surface area contributed by atoms with Crippen molar-refractivity contribution in [1.82, 2.24) is 14.3 Å². The first-order chi connectivity index (χ1) is 18.8. The van der Waals surface area contributed by atoms with Crippen molar-refractivity contribution in [3.05, 3.63) is 109 Å². The van der Waals surface area contributed by atoms with Crippen LogP contribution >= 0.6 is 0 Å². The Labute approximate surface area is 249 Å². The number of rotatable bonds is 2. The van der Waals surface area contributed by atoms with Crippen LogP contribution in [0.4, 0.5) is 5.69 Å². The van der Waals surface area contributed by atoms with E-state index in [1.54, 1.807) is 0 Å². The first-order valence-electron chi connectivity index (χ1n) is 13.5. The molecule has 0 saturated heterocycles. The summed E-state index contributed by atoms with van der Waals surface area (Å²) in [6.45, 7) is 11.5. The molecule has 0 bridgehead atoms. The molecule has 0 unspecified atom stereocenters. The summed E-state index contributed by atoms with van der Waals surface area (Å²) >= 11 is 0. The van der Waals surface area contributed by atoms with Gasteiger partial charge in [-0.3, -0.25) is 4.98 Å². The van der Waals surface area contributed by atoms with Gasteiger partial charge in [0.25, 0.3) is 0 Å². The molecule has 6 aromatic rings. The van der Waals surface area contributed by atoms with Crippen LogP contribution < -0.4 is 4.90 Å².